The third-order valence-corrected chi connectivity index (χ3v) is 4.53. The maximum absolute atomic E-state index is 12.6. The average molecular weight is 276 g/mol. The van der Waals surface area contributed by atoms with Crippen LogP contribution >= 0.6 is 0 Å². The summed E-state index contributed by atoms with van der Waals surface area (Å²) >= 11 is 0. The SMILES string of the molecule is CN(CC1CCCN1C)C(=O)c1cc(N)cn1C1CC1. The lowest BCUT2D eigenvalue weighted by atomic mass is 10.2. The zero-order valence-electron chi connectivity index (χ0n) is 12.4. The monoisotopic (exact) mass is 276 g/mol. The molecule has 5 nitrogen and oxygen atoms in total. The van der Waals surface area contributed by atoms with Gasteiger partial charge in [0.05, 0.1) is 5.69 Å². The van der Waals surface area contributed by atoms with Crippen molar-refractivity contribution < 1.29 is 4.79 Å². The summed E-state index contributed by atoms with van der Waals surface area (Å²) in [6.45, 7) is 1.93. The summed E-state index contributed by atoms with van der Waals surface area (Å²) in [6.07, 6.45) is 6.63. The Morgan fingerprint density at radius 3 is 2.80 bits per heavy atom. The highest BCUT2D eigenvalue weighted by atomic mass is 16.2. The minimum atomic E-state index is 0.0916. The van der Waals surface area contributed by atoms with Gasteiger partial charge in [-0.1, -0.05) is 0 Å². The summed E-state index contributed by atoms with van der Waals surface area (Å²) in [7, 11) is 4.04. The largest absolute Gasteiger partial charge is 0.397 e. The fraction of sp³-hybridized carbons (Fsp3) is 0.667. The van der Waals surface area contributed by atoms with Crippen molar-refractivity contribution in [1.82, 2.24) is 14.4 Å². The van der Waals surface area contributed by atoms with Crippen molar-refractivity contribution in [1.29, 1.82) is 0 Å². The molecule has 2 N–H and O–H groups in total. The number of carbonyl (C=O) groups is 1. The molecule has 110 valence electrons. The summed E-state index contributed by atoms with van der Waals surface area (Å²) in [5, 5.41) is 0. The Morgan fingerprint density at radius 2 is 2.20 bits per heavy atom. The molecule has 2 heterocycles. The van der Waals surface area contributed by atoms with Crippen molar-refractivity contribution in [3.63, 3.8) is 0 Å². The lowest BCUT2D eigenvalue weighted by Gasteiger charge is -2.26. The zero-order valence-corrected chi connectivity index (χ0v) is 12.4. The van der Waals surface area contributed by atoms with Crippen molar-refractivity contribution in [2.75, 3.05) is 32.9 Å². The van der Waals surface area contributed by atoms with Crippen LogP contribution in [0.1, 0.15) is 42.2 Å². The van der Waals surface area contributed by atoms with E-state index in [4.69, 9.17) is 5.73 Å². The molecule has 2 fully saturated rings. The van der Waals surface area contributed by atoms with Crippen LogP contribution in [0, 0.1) is 0 Å². The number of likely N-dealkylation sites (tertiary alicyclic amines) is 1. The van der Waals surface area contributed by atoms with Crippen molar-refractivity contribution in [2.24, 2.45) is 0 Å². The number of likely N-dealkylation sites (N-methyl/N-ethyl adjacent to an activating group) is 2. The standard InChI is InChI=1S/C15H24N4O/c1-17-7-3-4-13(17)10-18(2)15(20)14-8-11(16)9-19(14)12-5-6-12/h8-9,12-13H,3-7,10,16H2,1-2H3. The summed E-state index contributed by atoms with van der Waals surface area (Å²) in [6, 6.07) is 2.79. The van der Waals surface area contributed by atoms with Gasteiger partial charge in [0.15, 0.2) is 0 Å². The van der Waals surface area contributed by atoms with E-state index < -0.39 is 0 Å². The Bertz CT molecular complexity index is 506. The first kappa shape index (κ1) is 13.5. The van der Waals surface area contributed by atoms with Gasteiger partial charge in [-0.3, -0.25) is 4.79 Å². The number of rotatable bonds is 4. The Labute approximate surface area is 120 Å². The van der Waals surface area contributed by atoms with Crippen molar-refractivity contribution in [3.05, 3.63) is 18.0 Å². The number of nitrogens with zero attached hydrogens (tertiary/aromatic N) is 3. The van der Waals surface area contributed by atoms with E-state index in [0.717, 1.165) is 31.6 Å². The minimum Gasteiger partial charge on any atom is -0.397 e. The van der Waals surface area contributed by atoms with Crippen LogP contribution in [0.25, 0.3) is 0 Å². The third-order valence-electron chi connectivity index (χ3n) is 4.53. The topological polar surface area (TPSA) is 54.5 Å². The molecule has 2 aliphatic rings. The van der Waals surface area contributed by atoms with Gasteiger partial charge in [0.1, 0.15) is 5.69 Å². The summed E-state index contributed by atoms with van der Waals surface area (Å²) < 4.78 is 2.06. The number of carbonyl (C=O) groups excluding carboxylic acids is 1. The summed E-state index contributed by atoms with van der Waals surface area (Å²) in [4.78, 5) is 16.8. The van der Waals surface area contributed by atoms with Crippen LogP contribution in [0.4, 0.5) is 5.69 Å². The van der Waals surface area contributed by atoms with Crippen LogP contribution in [0.5, 0.6) is 0 Å². The van der Waals surface area contributed by atoms with Gasteiger partial charge in [0.25, 0.3) is 5.91 Å². The molecular formula is C15H24N4O. The van der Waals surface area contributed by atoms with Crippen LogP contribution in [0.15, 0.2) is 12.3 Å². The number of nitrogen functional groups attached to an aromatic ring is 1. The zero-order chi connectivity index (χ0) is 14.3. The Balaban J connectivity index is 1.71. The number of hydrogen-bond donors (Lipinski definition) is 1. The molecule has 1 aliphatic heterocycles. The van der Waals surface area contributed by atoms with Gasteiger partial charge >= 0.3 is 0 Å². The molecule has 1 unspecified atom stereocenters. The van der Waals surface area contributed by atoms with E-state index in [0.29, 0.717) is 17.8 Å². The molecule has 0 radical (unpaired) electrons. The Hall–Kier alpha value is -1.49. The first-order valence-corrected chi connectivity index (χ1v) is 7.49. The molecule has 3 rings (SSSR count). The van der Waals surface area contributed by atoms with Gasteiger partial charge in [0.2, 0.25) is 0 Å². The van der Waals surface area contributed by atoms with Gasteiger partial charge < -0.3 is 20.1 Å². The third kappa shape index (κ3) is 2.54. The van der Waals surface area contributed by atoms with Crippen LogP contribution in [0.3, 0.4) is 0 Å². The normalized spacial score (nSPS) is 23.2. The second kappa shape index (κ2) is 5.13. The van der Waals surface area contributed by atoms with E-state index >= 15 is 0 Å². The van der Waals surface area contributed by atoms with Crippen molar-refractivity contribution in [3.8, 4) is 0 Å². The highest BCUT2D eigenvalue weighted by Gasteiger charge is 2.30. The molecule has 0 bridgehead atoms. The fourth-order valence-corrected chi connectivity index (χ4v) is 3.13. The second-order valence-corrected chi connectivity index (χ2v) is 6.26. The first-order valence-electron chi connectivity index (χ1n) is 7.49. The molecular weight excluding hydrogens is 252 g/mol. The molecule has 5 heteroatoms. The quantitative estimate of drug-likeness (QED) is 0.908. The lowest BCUT2D eigenvalue weighted by Crippen LogP contribution is -2.40. The molecule has 20 heavy (non-hydrogen) atoms. The van der Waals surface area contributed by atoms with Crippen LogP contribution in [0.2, 0.25) is 0 Å². The van der Waals surface area contributed by atoms with Gasteiger partial charge in [-0.05, 0) is 45.3 Å². The van der Waals surface area contributed by atoms with Crippen LogP contribution in [-0.4, -0.2) is 53.5 Å². The summed E-state index contributed by atoms with van der Waals surface area (Å²) in [5.41, 5.74) is 7.30. The van der Waals surface area contributed by atoms with Gasteiger partial charge in [0, 0.05) is 31.9 Å². The second-order valence-electron chi connectivity index (χ2n) is 6.26. The maximum Gasteiger partial charge on any atom is 0.270 e. The molecule has 1 aliphatic carbocycles. The van der Waals surface area contributed by atoms with Crippen LogP contribution < -0.4 is 5.73 Å². The predicted octanol–water partition coefficient (Wildman–Crippen LogP) is 1.57. The molecule has 1 aromatic rings. The van der Waals surface area contributed by atoms with Gasteiger partial charge in [-0.25, -0.2) is 0 Å². The van der Waals surface area contributed by atoms with E-state index in [2.05, 4.69) is 16.5 Å². The number of hydrogen-bond acceptors (Lipinski definition) is 3. The number of anilines is 1. The van der Waals surface area contributed by atoms with Gasteiger partial charge in [-0.15, -0.1) is 0 Å². The maximum atomic E-state index is 12.6. The molecule has 0 aromatic carbocycles. The van der Waals surface area contributed by atoms with E-state index in [-0.39, 0.29) is 5.91 Å². The Kier molecular flexibility index (Phi) is 3.46. The van der Waals surface area contributed by atoms with Crippen molar-refractivity contribution >= 4 is 11.6 Å². The lowest BCUT2D eigenvalue weighted by molar-refractivity contribution is 0.0750. The smallest absolute Gasteiger partial charge is 0.270 e. The number of nitrogens with two attached hydrogens (primary N) is 1. The molecule has 1 atom stereocenters. The fourth-order valence-electron chi connectivity index (χ4n) is 3.13. The number of aromatic nitrogens is 1. The molecule has 1 saturated heterocycles. The Morgan fingerprint density at radius 1 is 1.45 bits per heavy atom. The molecule has 1 aromatic heterocycles. The molecule has 1 saturated carbocycles. The average Bonchev–Trinajstić information content (AvgIpc) is 3.08. The van der Waals surface area contributed by atoms with Crippen molar-refractivity contribution in [2.45, 2.75) is 37.8 Å². The first-order chi connectivity index (χ1) is 9.56. The van der Waals surface area contributed by atoms with Gasteiger partial charge in [-0.2, -0.15) is 0 Å². The van der Waals surface area contributed by atoms with E-state index in [1.165, 1.54) is 12.8 Å². The molecule has 0 spiro atoms. The highest BCUT2D eigenvalue weighted by Crippen LogP contribution is 2.37. The van der Waals surface area contributed by atoms with E-state index in [9.17, 15) is 4.79 Å². The van der Waals surface area contributed by atoms with Crippen LogP contribution in [-0.2, 0) is 0 Å². The molecule has 1 amide bonds. The minimum absolute atomic E-state index is 0.0916. The number of amides is 1. The van der Waals surface area contributed by atoms with E-state index in [1.54, 1.807) is 0 Å². The predicted molar refractivity (Wildman–Crippen MR) is 79.7 cm³/mol. The summed E-state index contributed by atoms with van der Waals surface area (Å²) in [5.74, 6) is 0.0916. The highest BCUT2D eigenvalue weighted by molar-refractivity contribution is 5.93. The van der Waals surface area contributed by atoms with E-state index in [1.807, 2.05) is 24.2 Å².